The van der Waals surface area contributed by atoms with Crippen LogP contribution in [0.3, 0.4) is 0 Å². The summed E-state index contributed by atoms with van der Waals surface area (Å²) in [5, 5.41) is 10.4. The van der Waals surface area contributed by atoms with E-state index < -0.39 is 6.10 Å². The lowest BCUT2D eigenvalue weighted by Gasteiger charge is -2.18. The van der Waals surface area contributed by atoms with Crippen LogP contribution in [0.25, 0.3) is 0 Å². The zero-order valence-corrected chi connectivity index (χ0v) is 16.0. The van der Waals surface area contributed by atoms with E-state index in [0.29, 0.717) is 12.0 Å². The second-order valence-corrected chi connectivity index (χ2v) is 7.70. The zero-order chi connectivity index (χ0) is 18.6. The Kier molecular flexibility index (Phi) is 6.64. The molecule has 4 atom stereocenters. The Morgan fingerprint density at radius 2 is 2.12 bits per heavy atom. The van der Waals surface area contributed by atoms with Gasteiger partial charge in [0.05, 0.1) is 24.9 Å². The lowest BCUT2D eigenvalue weighted by molar-refractivity contribution is -0.136. The number of hydrogen-bond acceptors (Lipinski definition) is 4. The first-order valence-electron chi connectivity index (χ1n) is 9.22. The normalized spacial score (nSPS) is 38.2. The lowest BCUT2D eigenvalue weighted by Crippen LogP contribution is -2.19. The highest BCUT2D eigenvalue weighted by atomic mass is 16.6. The first kappa shape index (κ1) is 19.9. The number of esters is 1. The fraction of sp³-hybridized carbons (Fsp3) is 0.667. The second-order valence-electron chi connectivity index (χ2n) is 7.70. The van der Waals surface area contributed by atoms with Crippen molar-refractivity contribution in [1.29, 1.82) is 0 Å². The van der Waals surface area contributed by atoms with E-state index in [4.69, 9.17) is 9.47 Å². The van der Waals surface area contributed by atoms with Crippen molar-refractivity contribution in [2.75, 3.05) is 7.11 Å². The summed E-state index contributed by atoms with van der Waals surface area (Å²) in [4.78, 5) is 11.9. The van der Waals surface area contributed by atoms with Gasteiger partial charge in [-0.15, -0.1) is 0 Å². The number of carbonyl (C=O) groups is 1. The predicted molar refractivity (Wildman–Crippen MR) is 99.1 cm³/mol. The van der Waals surface area contributed by atoms with Crippen LogP contribution in [0.4, 0.5) is 0 Å². The Morgan fingerprint density at radius 3 is 2.80 bits per heavy atom. The maximum atomic E-state index is 11.9. The average Bonchev–Trinajstić information content (AvgIpc) is 3.23. The summed E-state index contributed by atoms with van der Waals surface area (Å²) >= 11 is 0. The molecule has 1 aliphatic heterocycles. The molecule has 0 aromatic heterocycles. The van der Waals surface area contributed by atoms with Gasteiger partial charge in [0, 0.05) is 5.57 Å². The van der Waals surface area contributed by atoms with Crippen molar-refractivity contribution < 1.29 is 19.4 Å². The highest BCUT2D eigenvalue weighted by Crippen LogP contribution is 2.45. The van der Waals surface area contributed by atoms with Gasteiger partial charge < -0.3 is 14.6 Å². The number of fused-ring (bicyclic) bond motifs is 1. The number of rotatable bonds is 2. The van der Waals surface area contributed by atoms with Gasteiger partial charge in [-0.25, -0.2) is 4.79 Å². The Hall–Kier alpha value is -1.39. The smallest absolute Gasteiger partial charge is 0.333 e. The molecule has 1 aliphatic carbocycles. The first-order valence-corrected chi connectivity index (χ1v) is 9.22. The summed E-state index contributed by atoms with van der Waals surface area (Å²) in [6.07, 6.45) is 9.00. The maximum Gasteiger partial charge on any atom is 0.333 e. The molecule has 25 heavy (non-hydrogen) atoms. The maximum absolute atomic E-state index is 11.9. The molecule has 0 amide bonds. The predicted octanol–water partition coefficient (Wildman–Crippen LogP) is 4.10. The molecular weight excluding hydrogens is 316 g/mol. The number of ether oxygens (including phenoxy) is 2. The van der Waals surface area contributed by atoms with Gasteiger partial charge in [0.15, 0.2) is 0 Å². The molecule has 1 heterocycles. The molecule has 0 aromatic carbocycles. The zero-order valence-electron chi connectivity index (χ0n) is 16.0. The van der Waals surface area contributed by atoms with E-state index in [0.717, 1.165) is 37.7 Å². The summed E-state index contributed by atoms with van der Waals surface area (Å²) in [6.45, 7) is 10.2. The van der Waals surface area contributed by atoms with Crippen molar-refractivity contribution in [1.82, 2.24) is 0 Å². The monoisotopic (exact) mass is 348 g/mol. The van der Waals surface area contributed by atoms with Gasteiger partial charge in [0.25, 0.3) is 0 Å². The van der Waals surface area contributed by atoms with E-state index >= 15 is 0 Å². The number of aliphatic hydroxyl groups excluding tert-OH is 1. The summed E-state index contributed by atoms with van der Waals surface area (Å²) in [5.74, 6) is -0.389. The minimum absolute atomic E-state index is 0.0263. The molecular formula is C21H32O4. The van der Waals surface area contributed by atoms with Crippen molar-refractivity contribution in [3.63, 3.8) is 0 Å². The number of hydrogen-bond donors (Lipinski definition) is 1. The molecule has 0 bridgehead atoms. The van der Waals surface area contributed by atoms with Gasteiger partial charge in [0.2, 0.25) is 0 Å². The third kappa shape index (κ3) is 5.29. The van der Waals surface area contributed by atoms with Gasteiger partial charge in [0.1, 0.15) is 0 Å². The summed E-state index contributed by atoms with van der Waals surface area (Å²) in [5.41, 5.74) is 2.66. The van der Waals surface area contributed by atoms with E-state index in [-0.39, 0.29) is 23.6 Å². The third-order valence-electron chi connectivity index (χ3n) is 5.67. The Balaban J connectivity index is 2.17. The van der Waals surface area contributed by atoms with Gasteiger partial charge >= 0.3 is 5.97 Å². The quantitative estimate of drug-likeness (QED) is 0.353. The summed E-state index contributed by atoms with van der Waals surface area (Å²) in [7, 11) is 1.38. The molecule has 2 aliphatic rings. The average molecular weight is 348 g/mol. The van der Waals surface area contributed by atoms with Crippen LogP contribution in [0.2, 0.25) is 0 Å². The first-order chi connectivity index (χ1) is 11.8. The van der Waals surface area contributed by atoms with Crippen LogP contribution < -0.4 is 0 Å². The molecule has 0 spiro atoms. The van der Waals surface area contributed by atoms with E-state index in [1.807, 2.05) is 13.0 Å². The number of epoxide rings is 1. The molecule has 1 unspecified atom stereocenters. The van der Waals surface area contributed by atoms with E-state index in [1.165, 1.54) is 12.7 Å². The van der Waals surface area contributed by atoms with Gasteiger partial charge in [-0.1, -0.05) is 24.3 Å². The number of allylic oxidation sites excluding steroid dienone is 3. The Labute approximate surface area is 151 Å². The van der Waals surface area contributed by atoms with Crippen LogP contribution in [0, 0.1) is 5.92 Å². The molecule has 0 aromatic rings. The fourth-order valence-corrected chi connectivity index (χ4v) is 3.51. The molecule has 1 saturated heterocycles. The minimum Gasteiger partial charge on any atom is -0.466 e. The summed E-state index contributed by atoms with van der Waals surface area (Å²) in [6, 6.07) is 0. The number of aliphatic hydroxyl groups is 1. The molecule has 2 rings (SSSR count). The largest absolute Gasteiger partial charge is 0.466 e. The van der Waals surface area contributed by atoms with E-state index in [1.54, 1.807) is 0 Å². The lowest BCUT2D eigenvalue weighted by atomic mass is 9.86. The molecule has 4 heteroatoms. The molecule has 0 saturated carbocycles. The molecule has 4 nitrogen and oxygen atoms in total. The van der Waals surface area contributed by atoms with Crippen molar-refractivity contribution in [3.05, 3.63) is 35.5 Å². The highest BCUT2D eigenvalue weighted by molar-refractivity contribution is 5.88. The minimum atomic E-state index is -0.444. The summed E-state index contributed by atoms with van der Waals surface area (Å²) < 4.78 is 10.8. The van der Waals surface area contributed by atoms with Crippen LogP contribution >= 0.6 is 0 Å². The van der Waals surface area contributed by atoms with Crippen LogP contribution in [0.15, 0.2) is 35.5 Å². The van der Waals surface area contributed by atoms with Gasteiger partial charge in [-0.05, 0) is 70.8 Å². The fourth-order valence-electron chi connectivity index (χ4n) is 3.51. The van der Waals surface area contributed by atoms with Crippen molar-refractivity contribution >= 4 is 5.97 Å². The van der Waals surface area contributed by atoms with Crippen molar-refractivity contribution in [2.45, 2.75) is 77.1 Å². The molecule has 1 fully saturated rings. The van der Waals surface area contributed by atoms with Gasteiger partial charge in [-0.3, -0.25) is 0 Å². The van der Waals surface area contributed by atoms with Crippen LogP contribution in [-0.2, 0) is 14.3 Å². The SMILES string of the molecule is C=C(C(=O)OC)C1C/C=C(\C)[C@@H](O)CC/C(C)=C/CC[C@]2(C)O[C@@H]2C1. The Bertz CT molecular complexity index is 574. The Morgan fingerprint density at radius 1 is 1.40 bits per heavy atom. The molecule has 0 radical (unpaired) electrons. The van der Waals surface area contributed by atoms with E-state index in [9.17, 15) is 9.90 Å². The van der Waals surface area contributed by atoms with Crippen LogP contribution in [-0.4, -0.2) is 36.0 Å². The van der Waals surface area contributed by atoms with Gasteiger partial charge in [-0.2, -0.15) is 0 Å². The van der Waals surface area contributed by atoms with Crippen LogP contribution in [0.1, 0.15) is 59.3 Å². The second kappa shape index (κ2) is 8.33. The molecule has 140 valence electrons. The van der Waals surface area contributed by atoms with Crippen LogP contribution in [0.5, 0.6) is 0 Å². The third-order valence-corrected chi connectivity index (χ3v) is 5.67. The topological polar surface area (TPSA) is 59.1 Å². The number of carbonyl (C=O) groups excluding carboxylic acids is 1. The molecule has 1 N–H and O–H groups in total. The highest BCUT2D eigenvalue weighted by Gasteiger charge is 2.52. The number of methoxy groups -OCH3 is 1. The standard InChI is InChI=1S/C21H32O4/c1-14-7-6-12-21(4)19(25-21)13-17(16(3)20(23)24-5)10-9-15(2)18(22)11-8-14/h7,9,17-19,22H,3,6,8,10-13H2,1-2,4-5H3/b14-7+,15-9+/t17?,18-,19+,21-/m0/s1. The van der Waals surface area contributed by atoms with Crippen molar-refractivity contribution in [2.24, 2.45) is 5.92 Å². The van der Waals surface area contributed by atoms with Crippen molar-refractivity contribution in [3.8, 4) is 0 Å². The van der Waals surface area contributed by atoms with E-state index in [2.05, 4.69) is 26.5 Å².